The molecule has 0 saturated carbocycles. The Morgan fingerprint density at radius 3 is 2.48 bits per heavy atom. The highest BCUT2D eigenvalue weighted by atomic mass is 79.9. The third kappa shape index (κ3) is 5.23. The zero-order valence-corrected chi connectivity index (χ0v) is 30.3. The lowest BCUT2D eigenvalue weighted by Gasteiger charge is -2.59. The maximum atomic E-state index is 14.7. The van der Waals surface area contributed by atoms with Crippen molar-refractivity contribution in [3.63, 3.8) is 0 Å². The lowest BCUT2D eigenvalue weighted by atomic mass is 9.49. The number of halogens is 3. The lowest BCUT2D eigenvalue weighted by Crippen LogP contribution is -2.73. The smallest absolute Gasteiger partial charge is 0.416 e. The molecule has 3 heterocycles. The third-order valence-electron chi connectivity index (χ3n) is 9.32. The van der Waals surface area contributed by atoms with Crippen molar-refractivity contribution in [2.75, 3.05) is 30.4 Å². The number of nitrogens with one attached hydrogen (secondary N) is 2. The van der Waals surface area contributed by atoms with Crippen LogP contribution in [0.15, 0.2) is 64.0 Å². The van der Waals surface area contributed by atoms with Gasteiger partial charge in [-0.2, -0.15) is 0 Å². The number of rotatable bonds is 6. The first-order valence-electron chi connectivity index (χ1n) is 15.0. The average molecular weight is 782 g/mol. The van der Waals surface area contributed by atoms with Gasteiger partial charge in [0.1, 0.15) is 11.8 Å². The summed E-state index contributed by atoms with van der Waals surface area (Å²) in [6.07, 6.45) is -1.21. The van der Waals surface area contributed by atoms with Crippen LogP contribution in [0.2, 0.25) is 10.0 Å². The number of amides is 2. The van der Waals surface area contributed by atoms with E-state index in [1.807, 2.05) is 0 Å². The molecule has 254 valence electrons. The number of anilines is 2. The highest BCUT2D eigenvalue weighted by molar-refractivity contribution is 9.10. The summed E-state index contributed by atoms with van der Waals surface area (Å²) in [5.74, 6) is -0.349. The van der Waals surface area contributed by atoms with E-state index in [0.717, 1.165) is 16.4 Å². The Morgan fingerprint density at radius 1 is 1.15 bits per heavy atom. The summed E-state index contributed by atoms with van der Waals surface area (Å²) in [5, 5.41) is 18.3. The molecule has 0 aliphatic carbocycles. The van der Waals surface area contributed by atoms with Gasteiger partial charge in [-0.15, -0.1) is 0 Å². The zero-order valence-electron chi connectivity index (χ0n) is 26.3. The van der Waals surface area contributed by atoms with Crippen molar-refractivity contribution in [1.29, 1.82) is 0 Å². The summed E-state index contributed by atoms with van der Waals surface area (Å²) in [7, 11) is -2.74. The van der Waals surface area contributed by atoms with E-state index in [2.05, 4.69) is 26.6 Å². The van der Waals surface area contributed by atoms with Gasteiger partial charge in [-0.3, -0.25) is 19.8 Å². The number of nitro benzene ring substituents is 1. The zero-order chi connectivity index (χ0) is 35.0. The van der Waals surface area contributed by atoms with Crippen LogP contribution in [-0.4, -0.2) is 61.6 Å². The molecule has 12 nitrogen and oxygen atoms in total. The predicted octanol–water partition coefficient (Wildman–Crippen LogP) is 6.58. The molecule has 1 fully saturated rings. The van der Waals surface area contributed by atoms with Crippen molar-refractivity contribution < 1.29 is 27.7 Å². The maximum absolute atomic E-state index is 14.7. The standard InChI is InChI=1S/C32H32BrCl2N5O7S/c1-30(2,3)47-29(42)39-25-15-18(33)5-10-22(25)32(12-14-38(4)48(45,46)21-8-6-20(7-9-21)40(43)44)28(41)36-13-11-31(32)23-16-19(34)17-24(35)26(23)37-27(31)39/h5-10,15-17,27,37H,11-14H2,1-4H3,(H,36,41)/t27-,31-,32+/m0/s1. The van der Waals surface area contributed by atoms with Crippen molar-refractivity contribution in [3.8, 4) is 0 Å². The van der Waals surface area contributed by atoms with Crippen LogP contribution in [0.25, 0.3) is 0 Å². The van der Waals surface area contributed by atoms with Gasteiger partial charge in [-0.05, 0) is 81.1 Å². The molecule has 0 unspecified atom stereocenters. The van der Waals surface area contributed by atoms with Crippen molar-refractivity contribution in [2.45, 2.75) is 61.1 Å². The first-order chi connectivity index (χ1) is 22.4. The number of sulfonamides is 1. The number of carbonyl (C=O) groups is 2. The fourth-order valence-corrected chi connectivity index (χ4v) is 9.43. The first kappa shape index (κ1) is 34.4. The molecule has 3 aromatic rings. The van der Waals surface area contributed by atoms with E-state index >= 15 is 0 Å². The van der Waals surface area contributed by atoms with Crippen molar-refractivity contribution in [1.82, 2.24) is 9.62 Å². The molecule has 3 atom stereocenters. The van der Waals surface area contributed by atoms with Gasteiger partial charge in [-0.25, -0.2) is 17.5 Å². The molecule has 3 aliphatic rings. The molecule has 0 aromatic heterocycles. The molecule has 1 saturated heterocycles. The second-order valence-electron chi connectivity index (χ2n) is 13.1. The number of benzene rings is 3. The number of nitro groups is 1. The fraction of sp³-hybridized carbons (Fsp3) is 0.375. The van der Waals surface area contributed by atoms with Crippen LogP contribution in [0.1, 0.15) is 44.7 Å². The predicted molar refractivity (Wildman–Crippen MR) is 185 cm³/mol. The molecule has 6 rings (SSSR count). The second kappa shape index (κ2) is 11.9. The summed E-state index contributed by atoms with van der Waals surface area (Å²) in [6.45, 7) is 5.42. The van der Waals surface area contributed by atoms with Crippen LogP contribution in [0.5, 0.6) is 0 Å². The van der Waals surface area contributed by atoms with Crippen LogP contribution in [0, 0.1) is 10.1 Å². The Bertz CT molecular complexity index is 1970. The Hall–Kier alpha value is -3.43. The number of nitrogens with zero attached hydrogens (tertiary/aromatic N) is 3. The van der Waals surface area contributed by atoms with Gasteiger partial charge < -0.3 is 15.4 Å². The molecular weight excluding hydrogens is 749 g/mol. The van der Waals surface area contributed by atoms with Gasteiger partial charge in [0.2, 0.25) is 15.9 Å². The van der Waals surface area contributed by atoms with Gasteiger partial charge >= 0.3 is 6.09 Å². The summed E-state index contributed by atoms with van der Waals surface area (Å²) < 4.78 is 35.2. The van der Waals surface area contributed by atoms with Gasteiger partial charge in [0.25, 0.3) is 5.69 Å². The Morgan fingerprint density at radius 2 is 1.83 bits per heavy atom. The van der Waals surface area contributed by atoms with E-state index < -0.39 is 43.6 Å². The van der Waals surface area contributed by atoms with Crippen LogP contribution < -0.4 is 15.5 Å². The monoisotopic (exact) mass is 779 g/mol. The number of carbonyl (C=O) groups excluding carboxylic acids is 2. The molecule has 3 aromatic carbocycles. The molecule has 2 amide bonds. The summed E-state index contributed by atoms with van der Waals surface area (Å²) >= 11 is 16.9. The quantitative estimate of drug-likeness (QED) is 0.211. The molecule has 0 bridgehead atoms. The minimum absolute atomic E-state index is 0.0138. The number of ether oxygens (including phenoxy) is 1. The molecule has 3 aliphatic heterocycles. The largest absolute Gasteiger partial charge is 0.443 e. The molecular formula is C32H32BrCl2N5O7S. The third-order valence-corrected chi connectivity index (χ3v) is 12.2. The molecule has 1 spiro atoms. The topological polar surface area (TPSA) is 151 Å². The minimum Gasteiger partial charge on any atom is -0.443 e. The van der Waals surface area contributed by atoms with Gasteiger partial charge in [0, 0.05) is 41.8 Å². The SMILES string of the molecule is CN(CC[C@@]12C(=O)NCC[C@@]13c1cc(Cl)cc(Cl)c1N[C@H]3N(C(=O)OC(C)(C)C)c1cc(Br)ccc12)S(=O)(=O)c1ccc([N+](=O)[O-])cc1. The van der Waals surface area contributed by atoms with E-state index in [9.17, 15) is 28.1 Å². The Labute approximate surface area is 296 Å². The minimum atomic E-state index is -4.14. The van der Waals surface area contributed by atoms with Gasteiger partial charge in [-0.1, -0.05) is 45.2 Å². The number of non-ortho nitro benzene ring substituents is 1. The number of hydrogen-bond donors (Lipinski definition) is 2. The van der Waals surface area contributed by atoms with E-state index in [4.69, 9.17) is 27.9 Å². The van der Waals surface area contributed by atoms with E-state index in [0.29, 0.717) is 43.4 Å². The van der Waals surface area contributed by atoms with Gasteiger partial charge in [0.15, 0.2) is 0 Å². The van der Waals surface area contributed by atoms with Crippen LogP contribution in [-0.2, 0) is 30.4 Å². The van der Waals surface area contributed by atoms with Crippen LogP contribution in [0.3, 0.4) is 0 Å². The molecule has 2 N–H and O–H groups in total. The number of piperidine rings is 1. The van der Waals surface area contributed by atoms with Crippen molar-refractivity contribution in [2.24, 2.45) is 0 Å². The molecule has 48 heavy (non-hydrogen) atoms. The van der Waals surface area contributed by atoms with Crippen molar-refractivity contribution >= 4 is 78.2 Å². The second-order valence-corrected chi connectivity index (χ2v) is 16.9. The summed E-state index contributed by atoms with van der Waals surface area (Å²) in [4.78, 5) is 40.8. The van der Waals surface area contributed by atoms with Crippen molar-refractivity contribution in [3.05, 3.63) is 90.4 Å². The van der Waals surface area contributed by atoms with Gasteiger partial charge in [0.05, 0.1) is 37.0 Å². The average Bonchev–Trinajstić information content (AvgIpc) is 3.32. The Balaban J connectivity index is 1.56. The molecule has 0 radical (unpaired) electrons. The fourth-order valence-electron chi connectivity index (χ4n) is 7.36. The first-order valence-corrected chi connectivity index (χ1v) is 18.0. The van der Waals surface area contributed by atoms with E-state index in [1.54, 1.807) is 51.1 Å². The van der Waals surface area contributed by atoms with E-state index in [1.165, 1.54) is 24.1 Å². The molecule has 16 heteroatoms. The number of fused-ring (bicyclic) bond motifs is 3. The lowest BCUT2D eigenvalue weighted by molar-refractivity contribution is -0.384. The van der Waals surface area contributed by atoms with Crippen LogP contribution in [0.4, 0.5) is 21.9 Å². The maximum Gasteiger partial charge on any atom is 0.416 e. The van der Waals surface area contributed by atoms with E-state index in [-0.39, 0.29) is 36.0 Å². The van der Waals surface area contributed by atoms with Crippen LogP contribution >= 0.6 is 39.1 Å². The highest BCUT2D eigenvalue weighted by Crippen LogP contribution is 2.65. The number of hydrogen-bond acceptors (Lipinski definition) is 8. The normalized spacial score (nSPS) is 23.0. The summed E-state index contributed by atoms with van der Waals surface area (Å²) in [5.41, 5.74) is -1.69. The summed E-state index contributed by atoms with van der Waals surface area (Å²) in [6, 6.07) is 13.2. The highest BCUT2D eigenvalue weighted by Gasteiger charge is 2.71. The Kier molecular flexibility index (Phi) is 8.51.